The molecule has 1 fully saturated rings. The van der Waals surface area contributed by atoms with E-state index in [4.69, 9.17) is 4.74 Å². The molecule has 0 radical (unpaired) electrons. The highest BCUT2D eigenvalue weighted by Gasteiger charge is 2.29. The number of hydrogen-bond donors (Lipinski definition) is 2. The molecular formula is C12H21N3O. The Morgan fingerprint density at radius 2 is 2.31 bits per heavy atom. The van der Waals surface area contributed by atoms with Crippen LogP contribution in [-0.4, -0.2) is 29.0 Å². The van der Waals surface area contributed by atoms with Gasteiger partial charge in [0.15, 0.2) is 0 Å². The minimum atomic E-state index is 0.0333. The predicted molar refractivity (Wildman–Crippen MR) is 63.4 cm³/mol. The van der Waals surface area contributed by atoms with Crippen molar-refractivity contribution in [3.05, 3.63) is 17.0 Å². The highest BCUT2D eigenvalue weighted by atomic mass is 16.5. The Kier molecular flexibility index (Phi) is 3.30. The Balaban J connectivity index is 1.84. The smallest absolute Gasteiger partial charge is 0.0779 e. The van der Waals surface area contributed by atoms with Gasteiger partial charge in [-0.3, -0.25) is 5.10 Å². The highest BCUT2D eigenvalue weighted by molar-refractivity contribution is 5.22. The molecule has 1 aromatic rings. The number of aromatic nitrogens is 2. The third-order valence-corrected chi connectivity index (χ3v) is 3.38. The first-order valence-corrected chi connectivity index (χ1v) is 5.96. The molecule has 0 aromatic carbocycles. The maximum absolute atomic E-state index is 5.73. The van der Waals surface area contributed by atoms with E-state index < -0.39 is 0 Å². The molecule has 1 unspecified atom stereocenters. The molecule has 90 valence electrons. The fourth-order valence-electron chi connectivity index (χ4n) is 2.26. The number of ether oxygens (including phenoxy) is 1. The van der Waals surface area contributed by atoms with Crippen LogP contribution in [0.15, 0.2) is 0 Å². The average molecular weight is 223 g/mol. The predicted octanol–water partition coefficient (Wildman–Crippen LogP) is 1.69. The van der Waals surface area contributed by atoms with E-state index >= 15 is 0 Å². The van der Waals surface area contributed by atoms with Crippen molar-refractivity contribution >= 4 is 0 Å². The summed E-state index contributed by atoms with van der Waals surface area (Å²) in [5.41, 5.74) is 3.55. The molecule has 0 bridgehead atoms. The third kappa shape index (κ3) is 2.44. The molecule has 0 saturated carbocycles. The molecule has 1 saturated heterocycles. The van der Waals surface area contributed by atoms with E-state index in [1.165, 1.54) is 12.0 Å². The molecule has 0 aliphatic carbocycles. The first-order chi connectivity index (χ1) is 7.61. The van der Waals surface area contributed by atoms with Gasteiger partial charge in [0.25, 0.3) is 0 Å². The van der Waals surface area contributed by atoms with Crippen molar-refractivity contribution in [1.29, 1.82) is 0 Å². The van der Waals surface area contributed by atoms with Crippen molar-refractivity contribution in [1.82, 2.24) is 15.5 Å². The van der Waals surface area contributed by atoms with Crippen molar-refractivity contribution in [3.63, 3.8) is 0 Å². The largest absolute Gasteiger partial charge is 0.374 e. The number of nitrogens with zero attached hydrogens (tertiary/aromatic N) is 1. The number of aromatic amines is 1. The molecular weight excluding hydrogens is 202 g/mol. The monoisotopic (exact) mass is 223 g/mol. The maximum Gasteiger partial charge on any atom is 0.0779 e. The van der Waals surface area contributed by atoms with Gasteiger partial charge in [0.1, 0.15) is 0 Å². The van der Waals surface area contributed by atoms with Crippen LogP contribution >= 0.6 is 0 Å². The van der Waals surface area contributed by atoms with E-state index in [0.29, 0.717) is 0 Å². The van der Waals surface area contributed by atoms with Crippen molar-refractivity contribution < 1.29 is 4.74 Å². The Hall–Kier alpha value is -0.870. The van der Waals surface area contributed by atoms with Gasteiger partial charge in [0.2, 0.25) is 0 Å². The molecule has 2 heterocycles. The summed E-state index contributed by atoms with van der Waals surface area (Å²) in [6.45, 7) is 8.97. The molecule has 1 aromatic heterocycles. The highest BCUT2D eigenvalue weighted by Crippen LogP contribution is 2.24. The van der Waals surface area contributed by atoms with Crippen LogP contribution in [0.25, 0.3) is 0 Å². The second-order valence-electron chi connectivity index (χ2n) is 4.92. The molecule has 2 rings (SSSR count). The standard InChI is InChI=1S/C12H21N3O/c1-9-11(10(2)15-14-9)7-13-8-12(3)5-4-6-16-12/h13H,4-8H2,1-3H3,(H,14,15). The van der Waals surface area contributed by atoms with Crippen molar-refractivity contribution in [2.45, 2.75) is 45.8 Å². The Bertz CT molecular complexity index is 334. The fourth-order valence-corrected chi connectivity index (χ4v) is 2.26. The van der Waals surface area contributed by atoms with Crippen molar-refractivity contribution in [2.75, 3.05) is 13.2 Å². The zero-order chi connectivity index (χ0) is 11.6. The maximum atomic E-state index is 5.73. The number of aryl methyl sites for hydroxylation is 2. The molecule has 1 atom stereocenters. The number of H-pyrrole nitrogens is 1. The normalized spacial score (nSPS) is 25.2. The number of nitrogens with one attached hydrogen (secondary N) is 2. The minimum Gasteiger partial charge on any atom is -0.374 e. The lowest BCUT2D eigenvalue weighted by molar-refractivity contribution is 0.0206. The summed E-state index contributed by atoms with van der Waals surface area (Å²) < 4.78 is 5.73. The Morgan fingerprint density at radius 1 is 1.50 bits per heavy atom. The van der Waals surface area contributed by atoms with E-state index in [-0.39, 0.29) is 5.60 Å². The van der Waals surface area contributed by atoms with Gasteiger partial charge < -0.3 is 10.1 Å². The Labute approximate surface area is 96.8 Å². The first kappa shape index (κ1) is 11.6. The molecule has 1 aliphatic rings. The zero-order valence-corrected chi connectivity index (χ0v) is 10.4. The van der Waals surface area contributed by atoms with Crippen LogP contribution in [0.3, 0.4) is 0 Å². The van der Waals surface area contributed by atoms with Gasteiger partial charge in [0.05, 0.1) is 11.3 Å². The van der Waals surface area contributed by atoms with Crippen molar-refractivity contribution in [2.24, 2.45) is 0 Å². The van der Waals surface area contributed by atoms with Gasteiger partial charge in [-0.15, -0.1) is 0 Å². The van der Waals surface area contributed by atoms with Crippen LogP contribution < -0.4 is 5.32 Å². The van der Waals surface area contributed by atoms with Crippen LogP contribution in [0.4, 0.5) is 0 Å². The Morgan fingerprint density at radius 3 is 2.88 bits per heavy atom. The summed E-state index contributed by atoms with van der Waals surface area (Å²) in [4.78, 5) is 0. The molecule has 2 N–H and O–H groups in total. The lowest BCUT2D eigenvalue weighted by atomic mass is 10.0. The van der Waals surface area contributed by atoms with Crippen LogP contribution in [0.1, 0.15) is 36.7 Å². The van der Waals surface area contributed by atoms with Gasteiger partial charge in [-0.25, -0.2) is 0 Å². The van der Waals surface area contributed by atoms with E-state index in [1.54, 1.807) is 0 Å². The zero-order valence-electron chi connectivity index (χ0n) is 10.4. The molecule has 16 heavy (non-hydrogen) atoms. The topological polar surface area (TPSA) is 49.9 Å². The fraction of sp³-hybridized carbons (Fsp3) is 0.750. The average Bonchev–Trinajstić information content (AvgIpc) is 2.79. The van der Waals surface area contributed by atoms with Gasteiger partial charge in [-0.1, -0.05) is 0 Å². The van der Waals surface area contributed by atoms with E-state index in [2.05, 4.69) is 29.4 Å². The quantitative estimate of drug-likeness (QED) is 0.816. The SMILES string of the molecule is Cc1n[nH]c(C)c1CNCC1(C)CCCO1. The van der Waals surface area contributed by atoms with E-state index in [0.717, 1.165) is 37.5 Å². The second kappa shape index (κ2) is 4.55. The first-order valence-electron chi connectivity index (χ1n) is 5.96. The number of hydrogen-bond acceptors (Lipinski definition) is 3. The third-order valence-electron chi connectivity index (χ3n) is 3.38. The van der Waals surface area contributed by atoms with Gasteiger partial charge in [-0.2, -0.15) is 5.10 Å². The van der Waals surface area contributed by atoms with Gasteiger partial charge in [0, 0.05) is 31.0 Å². The van der Waals surface area contributed by atoms with E-state index in [9.17, 15) is 0 Å². The second-order valence-corrected chi connectivity index (χ2v) is 4.92. The summed E-state index contributed by atoms with van der Waals surface area (Å²) in [6, 6.07) is 0. The van der Waals surface area contributed by atoms with Crippen LogP contribution in [0.2, 0.25) is 0 Å². The summed E-state index contributed by atoms with van der Waals surface area (Å²) in [5.74, 6) is 0. The number of rotatable bonds is 4. The van der Waals surface area contributed by atoms with Gasteiger partial charge >= 0.3 is 0 Å². The summed E-state index contributed by atoms with van der Waals surface area (Å²) in [5, 5.41) is 10.7. The summed E-state index contributed by atoms with van der Waals surface area (Å²) >= 11 is 0. The molecule has 1 aliphatic heterocycles. The van der Waals surface area contributed by atoms with Crippen LogP contribution in [-0.2, 0) is 11.3 Å². The summed E-state index contributed by atoms with van der Waals surface area (Å²) in [7, 11) is 0. The lowest BCUT2D eigenvalue weighted by Gasteiger charge is -2.23. The molecule has 0 spiro atoms. The molecule has 0 amide bonds. The minimum absolute atomic E-state index is 0.0333. The van der Waals surface area contributed by atoms with Crippen LogP contribution in [0, 0.1) is 13.8 Å². The van der Waals surface area contributed by atoms with E-state index in [1.807, 2.05) is 6.92 Å². The van der Waals surface area contributed by atoms with Gasteiger partial charge in [-0.05, 0) is 33.6 Å². The lowest BCUT2D eigenvalue weighted by Crippen LogP contribution is -2.36. The summed E-state index contributed by atoms with van der Waals surface area (Å²) in [6.07, 6.45) is 2.34. The van der Waals surface area contributed by atoms with Crippen LogP contribution in [0.5, 0.6) is 0 Å². The molecule has 4 nitrogen and oxygen atoms in total. The van der Waals surface area contributed by atoms with Crippen molar-refractivity contribution in [3.8, 4) is 0 Å². The molecule has 4 heteroatoms.